The van der Waals surface area contributed by atoms with Crippen molar-refractivity contribution in [1.29, 1.82) is 5.26 Å². The van der Waals surface area contributed by atoms with E-state index in [9.17, 15) is 18.5 Å². The van der Waals surface area contributed by atoms with Gasteiger partial charge in [0.15, 0.2) is 5.65 Å². The zero-order valence-electron chi connectivity index (χ0n) is 22.0. The number of benzene rings is 1. The molecule has 2 saturated heterocycles. The van der Waals surface area contributed by atoms with Crippen LogP contribution >= 0.6 is 11.6 Å². The lowest BCUT2D eigenvalue weighted by Gasteiger charge is -2.35. The summed E-state index contributed by atoms with van der Waals surface area (Å²) < 4.78 is 33.5. The molecule has 13 heteroatoms. The van der Waals surface area contributed by atoms with Gasteiger partial charge in [0.25, 0.3) is 5.91 Å². The third-order valence-electron chi connectivity index (χ3n) is 7.27. The van der Waals surface area contributed by atoms with Crippen LogP contribution in [0.15, 0.2) is 30.5 Å². The quantitative estimate of drug-likeness (QED) is 0.476. The molecule has 0 saturated carbocycles. The molecule has 1 aromatic carbocycles. The summed E-state index contributed by atoms with van der Waals surface area (Å²) in [6, 6.07) is 8.43. The molecule has 3 aromatic rings. The normalized spacial score (nSPS) is 21.8. The summed E-state index contributed by atoms with van der Waals surface area (Å²) in [4.78, 5) is 22.5. The Morgan fingerprint density at radius 1 is 1.26 bits per heavy atom. The first-order valence-electron chi connectivity index (χ1n) is 12.7. The molecule has 0 unspecified atom stereocenters. The fourth-order valence-corrected chi connectivity index (χ4v) is 6.18. The molecule has 2 aromatic heterocycles. The van der Waals surface area contributed by atoms with Crippen LogP contribution in [0.4, 0.5) is 11.5 Å². The monoisotopic (exact) mass is 571 g/mol. The van der Waals surface area contributed by atoms with Crippen molar-refractivity contribution >= 4 is 44.7 Å². The number of amides is 1. The molecule has 1 amide bonds. The molecule has 3 atom stereocenters. The van der Waals surface area contributed by atoms with Crippen LogP contribution in [-0.4, -0.2) is 72.9 Å². The number of hydrogen-bond donors (Lipinski definition) is 1. The van der Waals surface area contributed by atoms with Crippen LogP contribution in [0, 0.1) is 24.2 Å². The lowest BCUT2D eigenvalue weighted by atomic mass is 9.98. The van der Waals surface area contributed by atoms with Crippen molar-refractivity contribution in [2.45, 2.75) is 38.3 Å². The van der Waals surface area contributed by atoms with Gasteiger partial charge >= 0.3 is 0 Å². The first-order chi connectivity index (χ1) is 18.6. The van der Waals surface area contributed by atoms with Crippen LogP contribution in [0.5, 0.6) is 0 Å². The fourth-order valence-electron chi connectivity index (χ4n) is 5.43. The van der Waals surface area contributed by atoms with E-state index in [1.165, 1.54) is 12.1 Å². The Kier molecular flexibility index (Phi) is 7.41. The SMILES string of the molecule is CO[C@H]1CN(c2nc3cc([C@@H]4CCCCN4C(=O)c4cc(Cl)ccc4NS(C)(=O)=O)nn3cc2C)C[C@H]1C#N. The lowest BCUT2D eigenvalue weighted by Crippen LogP contribution is -2.39. The number of rotatable bonds is 6. The number of nitrogens with one attached hydrogen (secondary N) is 1. The maximum atomic E-state index is 13.8. The van der Waals surface area contributed by atoms with Crippen molar-refractivity contribution in [3.05, 3.63) is 52.3 Å². The summed E-state index contributed by atoms with van der Waals surface area (Å²) in [5.74, 6) is 0.226. The molecular formula is C26H30ClN7O4S. The summed E-state index contributed by atoms with van der Waals surface area (Å²) in [6.07, 6.45) is 5.22. The van der Waals surface area contributed by atoms with E-state index >= 15 is 0 Å². The summed E-state index contributed by atoms with van der Waals surface area (Å²) in [5.41, 5.74) is 2.63. The molecule has 2 fully saturated rings. The topological polar surface area (TPSA) is 133 Å². The van der Waals surface area contributed by atoms with Gasteiger partial charge in [-0.05, 0) is 44.4 Å². The number of fused-ring (bicyclic) bond motifs is 1. The first kappa shape index (κ1) is 27.2. The van der Waals surface area contributed by atoms with Crippen LogP contribution in [0.3, 0.4) is 0 Å². The highest BCUT2D eigenvalue weighted by atomic mass is 35.5. The Balaban J connectivity index is 1.47. The standard InChI is InChI=1S/C26H30ClN7O4S/c1-16-13-34-24(29-25(16)32-14-17(12-28)23(15-32)38-2)11-21(30-34)22-6-4-5-9-33(22)26(35)19-10-18(27)7-8-20(19)31-39(3,36)37/h7-8,10-11,13,17,22-23,31H,4-6,9,14-15H2,1-3H3/t17-,22+,23+/m1/s1. The molecule has 11 nitrogen and oxygen atoms in total. The van der Waals surface area contributed by atoms with Gasteiger partial charge in [-0.1, -0.05) is 11.6 Å². The average molecular weight is 572 g/mol. The number of ether oxygens (including phenoxy) is 1. The third-order valence-corrected chi connectivity index (χ3v) is 8.10. The summed E-state index contributed by atoms with van der Waals surface area (Å²) in [5, 5.41) is 14.6. The molecule has 2 aliphatic rings. The molecule has 4 heterocycles. The number of aromatic nitrogens is 3. The molecule has 0 radical (unpaired) electrons. The van der Waals surface area contributed by atoms with Gasteiger partial charge in [0.1, 0.15) is 5.82 Å². The number of nitriles is 1. The van der Waals surface area contributed by atoms with Crippen LogP contribution in [0.2, 0.25) is 5.02 Å². The molecule has 0 aliphatic carbocycles. The highest BCUT2D eigenvalue weighted by Crippen LogP contribution is 2.35. The Morgan fingerprint density at radius 2 is 2.05 bits per heavy atom. The van der Waals surface area contributed by atoms with E-state index in [0.717, 1.165) is 30.5 Å². The number of carbonyl (C=O) groups is 1. The molecule has 206 valence electrons. The molecule has 1 N–H and O–H groups in total. The molecule has 0 bridgehead atoms. The molecule has 39 heavy (non-hydrogen) atoms. The highest BCUT2D eigenvalue weighted by molar-refractivity contribution is 7.92. The number of piperidine rings is 1. The number of halogens is 1. The second kappa shape index (κ2) is 10.6. The van der Waals surface area contributed by atoms with Crippen LogP contribution in [-0.2, 0) is 14.8 Å². The number of anilines is 2. The van der Waals surface area contributed by atoms with Crippen molar-refractivity contribution in [1.82, 2.24) is 19.5 Å². The molecule has 5 rings (SSSR count). The molecule has 2 aliphatic heterocycles. The van der Waals surface area contributed by atoms with E-state index in [2.05, 4.69) is 15.7 Å². The van der Waals surface area contributed by atoms with Gasteiger partial charge in [-0.15, -0.1) is 0 Å². The maximum Gasteiger partial charge on any atom is 0.256 e. The van der Waals surface area contributed by atoms with Gasteiger partial charge in [-0.25, -0.2) is 17.9 Å². The van der Waals surface area contributed by atoms with Gasteiger partial charge in [0, 0.05) is 49.6 Å². The Morgan fingerprint density at radius 3 is 2.74 bits per heavy atom. The zero-order valence-corrected chi connectivity index (χ0v) is 23.5. The van der Waals surface area contributed by atoms with Gasteiger partial charge in [-0.2, -0.15) is 10.4 Å². The molecular weight excluding hydrogens is 542 g/mol. The maximum absolute atomic E-state index is 13.8. The largest absolute Gasteiger partial charge is 0.378 e. The second-order valence-corrected chi connectivity index (χ2v) is 12.3. The molecule has 0 spiro atoms. The number of sulfonamides is 1. The van der Waals surface area contributed by atoms with Crippen molar-refractivity contribution in [2.75, 3.05) is 42.6 Å². The fraction of sp³-hybridized carbons (Fsp3) is 0.462. The minimum atomic E-state index is -3.60. The number of hydrogen-bond acceptors (Lipinski definition) is 8. The van der Waals surface area contributed by atoms with E-state index in [1.807, 2.05) is 19.2 Å². The van der Waals surface area contributed by atoms with E-state index in [-0.39, 0.29) is 35.2 Å². The Labute approximate surface area is 232 Å². The third kappa shape index (κ3) is 5.52. The van der Waals surface area contributed by atoms with E-state index in [4.69, 9.17) is 26.4 Å². The first-order valence-corrected chi connectivity index (χ1v) is 15.0. The summed E-state index contributed by atoms with van der Waals surface area (Å²) >= 11 is 6.20. The summed E-state index contributed by atoms with van der Waals surface area (Å²) in [7, 11) is -1.99. The number of methoxy groups -OCH3 is 1. The minimum absolute atomic E-state index is 0.178. The lowest BCUT2D eigenvalue weighted by molar-refractivity contribution is 0.0607. The number of nitrogens with zero attached hydrogens (tertiary/aromatic N) is 6. The number of aryl methyl sites for hydroxylation is 1. The zero-order chi connectivity index (χ0) is 27.9. The van der Waals surface area contributed by atoms with Gasteiger partial charge in [0.2, 0.25) is 10.0 Å². The van der Waals surface area contributed by atoms with Gasteiger partial charge < -0.3 is 14.5 Å². The van der Waals surface area contributed by atoms with Crippen molar-refractivity contribution < 1.29 is 17.9 Å². The van der Waals surface area contributed by atoms with Crippen molar-refractivity contribution in [3.8, 4) is 6.07 Å². The highest BCUT2D eigenvalue weighted by Gasteiger charge is 2.35. The number of carbonyl (C=O) groups excluding carboxylic acids is 1. The van der Waals surface area contributed by atoms with Crippen LogP contribution in [0.1, 0.15) is 46.9 Å². The second-order valence-electron chi connectivity index (χ2n) is 10.1. The van der Waals surface area contributed by atoms with Crippen LogP contribution < -0.4 is 9.62 Å². The Hall–Kier alpha value is -3.40. The van der Waals surface area contributed by atoms with Crippen molar-refractivity contribution in [2.24, 2.45) is 5.92 Å². The predicted octanol–water partition coefficient (Wildman–Crippen LogP) is 3.40. The predicted molar refractivity (Wildman–Crippen MR) is 147 cm³/mol. The van der Waals surface area contributed by atoms with E-state index in [1.54, 1.807) is 22.6 Å². The smallest absolute Gasteiger partial charge is 0.256 e. The average Bonchev–Trinajstić information content (AvgIpc) is 3.51. The number of likely N-dealkylation sites (tertiary alicyclic amines) is 1. The van der Waals surface area contributed by atoms with E-state index < -0.39 is 10.0 Å². The summed E-state index contributed by atoms with van der Waals surface area (Å²) in [6.45, 7) is 3.57. The van der Waals surface area contributed by atoms with E-state index in [0.29, 0.717) is 42.4 Å². The minimum Gasteiger partial charge on any atom is -0.378 e. The van der Waals surface area contributed by atoms with Crippen molar-refractivity contribution in [3.63, 3.8) is 0 Å². The van der Waals surface area contributed by atoms with Gasteiger partial charge in [0.05, 0.1) is 47.3 Å². The van der Waals surface area contributed by atoms with Crippen LogP contribution in [0.25, 0.3) is 5.65 Å². The Bertz CT molecular complexity index is 1570. The van der Waals surface area contributed by atoms with Gasteiger partial charge in [-0.3, -0.25) is 9.52 Å².